The number of H-pyrrole nitrogens is 1. The number of halogens is 1. The van der Waals surface area contributed by atoms with Crippen LogP contribution in [0.25, 0.3) is 11.0 Å². The number of nitrogens with two attached hydrogens (primary N) is 1. The quantitative estimate of drug-likeness (QED) is 0.735. The Morgan fingerprint density at radius 3 is 2.85 bits per heavy atom. The first-order chi connectivity index (χ1) is 5.77. The first-order valence-corrected chi connectivity index (χ1v) is 3.97. The monoisotopic (exact) mass is 197 g/mol. The Bertz CT molecular complexity index is 394. The molecule has 0 aliphatic rings. The SMILES string of the molecule is C[C@H](N)c1ccc2[nH]ccc2n1.Cl. The zero-order valence-corrected chi connectivity index (χ0v) is 8.14. The van der Waals surface area contributed by atoms with Gasteiger partial charge in [0.05, 0.1) is 16.7 Å². The van der Waals surface area contributed by atoms with E-state index in [1.807, 2.05) is 31.3 Å². The van der Waals surface area contributed by atoms with Gasteiger partial charge in [0.2, 0.25) is 0 Å². The standard InChI is InChI=1S/C9H11N3.ClH/c1-6(10)7-2-3-8-9(12-7)4-5-11-8;/h2-6,11H,10H2,1H3;1H/t6-;/m0./s1. The van der Waals surface area contributed by atoms with Crippen LogP contribution in [0.5, 0.6) is 0 Å². The van der Waals surface area contributed by atoms with Gasteiger partial charge in [0.25, 0.3) is 0 Å². The smallest absolute Gasteiger partial charge is 0.0882 e. The van der Waals surface area contributed by atoms with E-state index in [0.717, 1.165) is 16.7 Å². The number of fused-ring (bicyclic) bond motifs is 1. The van der Waals surface area contributed by atoms with E-state index in [4.69, 9.17) is 5.73 Å². The summed E-state index contributed by atoms with van der Waals surface area (Å²) in [6, 6.07) is 5.90. The number of aromatic nitrogens is 2. The van der Waals surface area contributed by atoms with Crippen molar-refractivity contribution in [2.24, 2.45) is 5.73 Å². The van der Waals surface area contributed by atoms with Crippen LogP contribution in [0.4, 0.5) is 0 Å². The molecule has 2 aromatic rings. The van der Waals surface area contributed by atoms with E-state index in [1.165, 1.54) is 0 Å². The molecule has 3 N–H and O–H groups in total. The number of hydrogen-bond acceptors (Lipinski definition) is 2. The zero-order valence-electron chi connectivity index (χ0n) is 7.32. The first-order valence-electron chi connectivity index (χ1n) is 3.97. The third kappa shape index (κ3) is 1.82. The summed E-state index contributed by atoms with van der Waals surface area (Å²) in [6.45, 7) is 1.93. The van der Waals surface area contributed by atoms with Crippen LogP contribution in [0.2, 0.25) is 0 Å². The molecule has 0 aliphatic heterocycles. The summed E-state index contributed by atoms with van der Waals surface area (Å²) in [6.07, 6.45) is 1.88. The molecule has 70 valence electrons. The van der Waals surface area contributed by atoms with Gasteiger partial charge in [-0.15, -0.1) is 12.4 Å². The number of pyridine rings is 1. The minimum absolute atomic E-state index is 0. The molecule has 0 spiro atoms. The van der Waals surface area contributed by atoms with Crippen LogP contribution in [0.15, 0.2) is 24.4 Å². The van der Waals surface area contributed by atoms with E-state index >= 15 is 0 Å². The molecule has 2 heterocycles. The van der Waals surface area contributed by atoms with Gasteiger partial charge in [0.15, 0.2) is 0 Å². The lowest BCUT2D eigenvalue weighted by molar-refractivity contribution is 0.787. The summed E-state index contributed by atoms with van der Waals surface area (Å²) in [5.74, 6) is 0. The molecule has 0 fully saturated rings. The van der Waals surface area contributed by atoms with Crippen molar-refractivity contribution in [1.82, 2.24) is 9.97 Å². The molecule has 0 amide bonds. The Balaban J connectivity index is 0.000000845. The van der Waals surface area contributed by atoms with Gasteiger partial charge in [-0.2, -0.15) is 0 Å². The average Bonchev–Trinajstić information content (AvgIpc) is 2.49. The normalized spacial score (nSPS) is 12.5. The van der Waals surface area contributed by atoms with Crippen molar-refractivity contribution < 1.29 is 0 Å². The van der Waals surface area contributed by atoms with Gasteiger partial charge >= 0.3 is 0 Å². The van der Waals surface area contributed by atoms with Gasteiger partial charge in [-0.3, -0.25) is 0 Å². The second-order valence-electron chi connectivity index (χ2n) is 2.94. The molecule has 1 atom stereocenters. The minimum atomic E-state index is 0. The van der Waals surface area contributed by atoms with E-state index in [-0.39, 0.29) is 18.4 Å². The largest absolute Gasteiger partial charge is 0.360 e. The lowest BCUT2D eigenvalue weighted by Crippen LogP contribution is -2.06. The predicted molar refractivity (Wildman–Crippen MR) is 55.9 cm³/mol. The number of aromatic amines is 1. The van der Waals surface area contributed by atoms with Gasteiger partial charge in [-0.1, -0.05) is 0 Å². The molecule has 0 saturated carbocycles. The fourth-order valence-corrected chi connectivity index (χ4v) is 1.20. The molecule has 13 heavy (non-hydrogen) atoms. The molecule has 0 bridgehead atoms. The van der Waals surface area contributed by atoms with Crippen LogP contribution in [0, 0.1) is 0 Å². The van der Waals surface area contributed by atoms with E-state index in [0.29, 0.717) is 0 Å². The highest BCUT2D eigenvalue weighted by Gasteiger charge is 2.01. The van der Waals surface area contributed by atoms with Crippen LogP contribution >= 0.6 is 12.4 Å². The van der Waals surface area contributed by atoms with Crippen LogP contribution in [0.3, 0.4) is 0 Å². The van der Waals surface area contributed by atoms with Crippen molar-refractivity contribution in [3.8, 4) is 0 Å². The van der Waals surface area contributed by atoms with Crippen molar-refractivity contribution in [2.75, 3.05) is 0 Å². The Morgan fingerprint density at radius 1 is 1.38 bits per heavy atom. The molecule has 4 heteroatoms. The molecule has 0 saturated heterocycles. The van der Waals surface area contributed by atoms with Crippen LogP contribution in [0.1, 0.15) is 18.7 Å². The second kappa shape index (κ2) is 3.77. The molecule has 3 nitrogen and oxygen atoms in total. The highest BCUT2D eigenvalue weighted by molar-refractivity contribution is 5.85. The van der Waals surface area contributed by atoms with Crippen molar-refractivity contribution >= 4 is 23.4 Å². The molecule has 0 unspecified atom stereocenters. The lowest BCUT2D eigenvalue weighted by Gasteiger charge is -2.02. The Kier molecular flexibility index (Phi) is 2.90. The average molecular weight is 198 g/mol. The van der Waals surface area contributed by atoms with E-state index in [9.17, 15) is 0 Å². The predicted octanol–water partition coefficient (Wildman–Crippen LogP) is 2.00. The van der Waals surface area contributed by atoms with Gasteiger partial charge in [0, 0.05) is 12.2 Å². The molecular weight excluding hydrogens is 186 g/mol. The number of hydrogen-bond donors (Lipinski definition) is 2. The highest BCUT2D eigenvalue weighted by Crippen LogP contribution is 2.13. The number of rotatable bonds is 1. The van der Waals surface area contributed by atoms with Crippen LogP contribution < -0.4 is 5.73 Å². The third-order valence-electron chi connectivity index (χ3n) is 1.89. The minimum Gasteiger partial charge on any atom is -0.360 e. The highest BCUT2D eigenvalue weighted by atomic mass is 35.5. The third-order valence-corrected chi connectivity index (χ3v) is 1.89. The van der Waals surface area contributed by atoms with Gasteiger partial charge in [-0.05, 0) is 25.1 Å². The molecular formula is C9H12ClN3. The molecule has 0 aliphatic carbocycles. The second-order valence-corrected chi connectivity index (χ2v) is 2.94. The molecule has 0 aromatic carbocycles. The van der Waals surface area contributed by atoms with Gasteiger partial charge < -0.3 is 10.7 Å². The number of nitrogens with one attached hydrogen (secondary N) is 1. The Labute approximate surface area is 82.8 Å². The Morgan fingerprint density at radius 2 is 2.15 bits per heavy atom. The maximum absolute atomic E-state index is 5.70. The maximum Gasteiger partial charge on any atom is 0.0882 e. The van der Waals surface area contributed by atoms with Gasteiger partial charge in [-0.25, -0.2) is 4.98 Å². The van der Waals surface area contributed by atoms with E-state index in [2.05, 4.69) is 9.97 Å². The Hall–Kier alpha value is -1.06. The summed E-state index contributed by atoms with van der Waals surface area (Å²) < 4.78 is 0. The topological polar surface area (TPSA) is 54.7 Å². The van der Waals surface area contributed by atoms with E-state index < -0.39 is 0 Å². The summed E-state index contributed by atoms with van der Waals surface area (Å²) in [7, 11) is 0. The molecule has 2 rings (SSSR count). The van der Waals surface area contributed by atoms with Crippen LogP contribution in [-0.2, 0) is 0 Å². The summed E-state index contributed by atoms with van der Waals surface area (Å²) in [4.78, 5) is 7.46. The lowest BCUT2D eigenvalue weighted by atomic mass is 10.2. The maximum atomic E-state index is 5.70. The molecule has 0 radical (unpaired) electrons. The molecule has 2 aromatic heterocycles. The fourth-order valence-electron chi connectivity index (χ4n) is 1.20. The van der Waals surface area contributed by atoms with E-state index in [1.54, 1.807) is 0 Å². The zero-order chi connectivity index (χ0) is 8.55. The first kappa shape index (κ1) is 10.0. The van der Waals surface area contributed by atoms with Crippen molar-refractivity contribution in [3.05, 3.63) is 30.1 Å². The van der Waals surface area contributed by atoms with Crippen molar-refractivity contribution in [3.63, 3.8) is 0 Å². The summed E-state index contributed by atoms with van der Waals surface area (Å²) in [5.41, 5.74) is 8.66. The number of nitrogens with zero attached hydrogens (tertiary/aromatic N) is 1. The van der Waals surface area contributed by atoms with Crippen molar-refractivity contribution in [2.45, 2.75) is 13.0 Å². The van der Waals surface area contributed by atoms with Crippen LogP contribution in [-0.4, -0.2) is 9.97 Å². The van der Waals surface area contributed by atoms with Crippen molar-refractivity contribution in [1.29, 1.82) is 0 Å². The fraction of sp³-hybridized carbons (Fsp3) is 0.222. The summed E-state index contributed by atoms with van der Waals surface area (Å²) >= 11 is 0. The summed E-state index contributed by atoms with van der Waals surface area (Å²) in [5, 5.41) is 0. The van der Waals surface area contributed by atoms with Gasteiger partial charge in [0.1, 0.15) is 0 Å².